The number of benzene rings is 2. The lowest BCUT2D eigenvalue weighted by molar-refractivity contribution is 0.0633. The number of carbonyl (C=O) groups is 1. The summed E-state index contributed by atoms with van der Waals surface area (Å²) < 4.78 is 11.4. The molecule has 5 nitrogen and oxygen atoms in total. The Hall–Kier alpha value is -2.83. The fourth-order valence-electron chi connectivity index (χ4n) is 4.41. The predicted molar refractivity (Wildman–Crippen MR) is 133 cm³/mol. The van der Waals surface area contributed by atoms with Crippen molar-refractivity contribution < 1.29 is 14.3 Å². The molecule has 0 spiro atoms. The summed E-state index contributed by atoms with van der Waals surface area (Å²) >= 11 is 1.51. The molecule has 6 heteroatoms. The molecule has 0 radical (unpaired) electrons. The molecule has 1 aliphatic rings. The summed E-state index contributed by atoms with van der Waals surface area (Å²) in [6.07, 6.45) is 0. The third-order valence-electron chi connectivity index (χ3n) is 6.05. The van der Waals surface area contributed by atoms with E-state index in [-0.39, 0.29) is 5.91 Å². The lowest BCUT2D eigenvalue weighted by Gasteiger charge is -2.34. The number of carbonyl (C=O) groups excluding carboxylic acids is 1. The van der Waals surface area contributed by atoms with Crippen molar-refractivity contribution in [3.63, 3.8) is 0 Å². The first-order valence-corrected chi connectivity index (χ1v) is 12.2. The first-order valence-electron chi connectivity index (χ1n) is 11.4. The molecule has 1 saturated heterocycles. The van der Waals surface area contributed by atoms with E-state index >= 15 is 0 Å². The van der Waals surface area contributed by atoms with Crippen molar-refractivity contribution in [1.82, 2.24) is 9.80 Å². The van der Waals surface area contributed by atoms with Gasteiger partial charge in [-0.2, -0.15) is 0 Å². The van der Waals surface area contributed by atoms with Gasteiger partial charge in [0, 0.05) is 38.3 Å². The molecule has 0 saturated carbocycles. The Morgan fingerprint density at radius 3 is 2.39 bits per heavy atom. The van der Waals surface area contributed by atoms with Crippen molar-refractivity contribution in [2.45, 2.75) is 33.9 Å². The van der Waals surface area contributed by atoms with Crippen LogP contribution in [0.4, 0.5) is 0 Å². The Labute approximate surface area is 200 Å². The summed E-state index contributed by atoms with van der Waals surface area (Å²) in [6, 6.07) is 14.4. The van der Waals surface area contributed by atoms with Crippen LogP contribution in [0.1, 0.15) is 37.5 Å². The van der Waals surface area contributed by atoms with Gasteiger partial charge >= 0.3 is 0 Å². The van der Waals surface area contributed by atoms with E-state index in [1.807, 2.05) is 28.5 Å². The average molecular weight is 465 g/mol. The maximum Gasteiger partial charge on any atom is 0.264 e. The largest absolute Gasteiger partial charge is 0.497 e. The minimum atomic E-state index is 0.120. The fourth-order valence-corrected chi connectivity index (χ4v) is 5.27. The summed E-state index contributed by atoms with van der Waals surface area (Å²) in [6.45, 7) is 10.8. The Bertz CT molecular complexity index is 1090. The van der Waals surface area contributed by atoms with Gasteiger partial charge in [-0.1, -0.05) is 29.8 Å². The molecule has 0 unspecified atom stereocenters. The molecule has 1 amide bonds. The molecule has 0 atom stereocenters. The number of nitrogens with zero attached hydrogens (tertiary/aromatic N) is 2. The van der Waals surface area contributed by atoms with Crippen LogP contribution >= 0.6 is 11.3 Å². The number of piperazine rings is 1. The molecule has 0 bridgehead atoms. The summed E-state index contributed by atoms with van der Waals surface area (Å²) in [4.78, 5) is 18.2. The number of thiophene rings is 1. The third kappa shape index (κ3) is 5.75. The number of amides is 1. The smallest absolute Gasteiger partial charge is 0.264 e. The second kappa shape index (κ2) is 10.4. The third-order valence-corrected chi connectivity index (χ3v) is 7.02. The van der Waals surface area contributed by atoms with Crippen molar-refractivity contribution in [2.75, 3.05) is 33.3 Å². The van der Waals surface area contributed by atoms with Crippen molar-refractivity contribution in [3.05, 3.63) is 80.5 Å². The van der Waals surface area contributed by atoms with Crippen LogP contribution in [0.25, 0.3) is 0 Å². The van der Waals surface area contributed by atoms with Crippen LogP contribution in [0.2, 0.25) is 0 Å². The van der Waals surface area contributed by atoms with Gasteiger partial charge in [0.15, 0.2) is 0 Å². The summed E-state index contributed by atoms with van der Waals surface area (Å²) in [5.41, 5.74) is 5.80. The van der Waals surface area contributed by atoms with E-state index in [0.717, 1.165) is 65.8 Å². The van der Waals surface area contributed by atoms with Gasteiger partial charge in [-0.25, -0.2) is 0 Å². The Morgan fingerprint density at radius 2 is 1.70 bits per heavy atom. The summed E-state index contributed by atoms with van der Waals surface area (Å²) in [5, 5.41) is 2.03. The van der Waals surface area contributed by atoms with Crippen LogP contribution in [-0.4, -0.2) is 49.0 Å². The summed E-state index contributed by atoms with van der Waals surface area (Å²) in [7, 11) is 1.69. The second-order valence-corrected chi connectivity index (χ2v) is 9.67. The van der Waals surface area contributed by atoms with E-state index in [9.17, 15) is 4.79 Å². The lowest BCUT2D eigenvalue weighted by Crippen LogP contribution is -2.48. The first kappa shape index (κ1) is 23.3. The van der Waals surface area contributed by atoms with Crippen LogP contribution in [0.15, 0.2) is 47.8 Å². The number of ether oxygens (including phenoxy) is 2. The Balaban J connectivity index is 1.30. The summed E-state index contributed by atoms with van der Waals surface area (Å²) in [5.74, 6) is 1.94. The van der Waals surface area contributed by atoms with E-state index in [1.165, 1.54) is 22.5 Å². The molecule has 4 rings (SSSR count). The minimum absolute atomic E-state index is 0.120. The Kier molecular flexibility index (Phi) is 7.36. The molecular weight excluding hydrogens is 432 g/mol. The maximum atomic E-state index is 13.0. The monoisotopic (exact) mass is 464 g/mol. The Morgan fingerprint density at radius 1 is 0.970 bits per heavy atom. The zero-order chi connectivity index (χ0) is 23.4. The van der Waals surface area contributed by atoms with Crippen LogP contribution in [-0.2, 0) is 13.2 Å². The number of methoxy groups -OCH3 is 1. The van der Waals surface area contributed by atoms with Crippen molar-refractivity contribution in [3.8, 4) is 11.5 Å². The van der Waals surface area contributed by atoms with Crippen LogP contribution in [0, 0.1) is 20.8 Å². The standard InChI is InChI=1S/C27H32N2O3S/c1-19-12-20(2)26(21(3)13-19)32-17-23-15-25(33-18-23)27(30)29-10-8-28(9-11-29)16-22-6-5-7-24(14-22)31-4/h5-7,12-15,18H,8-11,16-17H2,1-4H3. The average Bonchev–Trinajstić information content (AvgIpc) is 3.27. The molecule has 2 aromatic carbocycles. The minimum Gasteiger partial charge on any atom is -0.497 e. The van der Waals surface area contributed by atoms with Gasteiger partial charge in [0.25, 0.3) is 5.91 Å². The fraction of sp³-hybridized carbons (Fsp3) is 0.370. The zero-order valence-electron chi connectivity index (χ0n) is 19.9. The van der Waals surface area contributed by atoms with Crippen LogP contribution < -0.4 is 9.47 Å². The molecular formula is C27H32N2O3S. The normalized spacial score (nSPS) is 14.4. The number of rotatable bonds is 7. The quantitative estimate of drug-likeness (QED) is 0.481. The van der Waals surface area contributed by atoms with Crippen molar-refractivity contribution in [2.24, 2.45) is 0 Å². The highest BCUT2D eigenvalue weighted by atomic mass is 32.1. The van der Waals surface area contributed by atoms with E-state index in [0.29, 0.717) is 6.61 Å². The molecule has 3 aromatic rings. The first-order chi connectivity index (χ1) is 15.9. The molecule has 174 valence electrons. The van der Waals surface area contributed by atoms with E-state index < -0.39 is 0 Å². The molecule has 1 fully saturated rings. The van der Waals surface area contributed by atoms with Gasteiger partial charge in [0.1, 0.15) is 18.1 Å². The lowest BCUT2D eigenvalue weighted by atomic mass is 10.1. The highest BCUT2D eigenvalue weighted by Crippen LogP contribution is 2.27. The molecule has 1 aromatic heterocycles. The van der Waals surface area contributed by atoms with Gasteiger partial charge in [-0.3, -0.25) is 9.69 Å². The highest BCUT2D eigenvalue weighted by molar-refractivity contribution is 7.12. The van der Waals surface area contributed by atoms with Crippen molar-refractivity contribution in [1.29, 1.82) is 0 Å². The predicted octanol–water partition coefficient (Wildman–Crippen LogP) is 5.22. The van der Waals surface area contributed by atoms with Gasteiger partial charge in [-0.15, -0.1) is 11.3 Å². The number of aryl methyl sites for hydroxylation is 3. The number of hydrogen-bond acceptors (Lipinski definition) is 5. The molecule has 0 N–H and O–H groups in total. The van der Waals surface area contributed by atoms with Gasteiger partial charge in [0.2, 0.25) is 0 Å². The van der Waals surface area contributed by atoms with Crippen LogP contribution in [0.3, 0.4) is 0 Å². The highest BCUT2D eigenvalue weighted by Gasteiger charge is 2.23. The SMILES string of the molecule is COc1cccc(CN2CCN(C(=O)c3cc(COc4c(C)cc(C)cc4C)cs3)CC2)c1. The topological polar surface area (TPSA) is 42.0 Å². The van der Waals surface area contributed by atoms with Gasteiger partial charge in [0.05, 0.1) is 12.0 Å². The van der Waals surface area contributed by atoms with E-state index in [1.54, 1.807) is 7.11 Å². The molecule has 2 heterocycles. The van der Waals surface area contributed by atoms with Crippen LogP contribution in [0.5, 0.6) is 11.5 Å². The number of hydrogen-bond donors (Lipinski definition) is 0. The molecule has 1 aliphatic heterocycles. The maximum absolute atomic E-state index is 13.0. The van der Waals surface area contributed by atoms with Crippen molar-refractivity contribution >= 4 is 17.2 Å². The molecule has 0 aliphatic carbocycles. The van der Waals surface area contributed by atoms with Gasteiger partial charge in [-0.05, 0) is 61.0 Å². The van der Waals surface area contributed by atoms with E-state index in [2.05, 4.69) is 49.9 Å². The second-order valence-electron chi connectivity index (χ2n) is 8.76. The molecule has 33 heavy (non-hydrogen) atoms. The zero-order valence-corrected chi connectivity index (χ0v) is 20.7. The van der Waals surface area contributed by atoms with Gasteiger partial charge < -0.3 is 14.4 Å². The van der Waals surface area contributed by atoms with E-state index in [4.69, 9.17) is 9.47 Å².